The molecule has 0 radical (unpaired) electrons. The molecule has 4 saturated carbocycles. The summed E-state index contributed by atoms with van der Waals surface area (Å²) in [5.41, 5.74) is 0.411. The van der Waals surface area contributed by atoms with Gasteiger partial charge < -0.3 is 15.5 Å². The van der Waals surface area contributed by atoms with E-state index in [0.29, 0.717) is 41.9 Å². The van der Waals surface area contributed by atoms with Crippen molar-refractivity contribution < 1.29 is 28.0 Å². The number of hydrogen-bond donors (Lipinski definition) is 4. The first-order valence-electron chi connectivity index (χ1n) is 13.4. The van der Waals surface area contributed by atoms with Crippen molar-refractivity contribution >= 4 is 16.0 Å². The van der Waals surface area contributed by atoms with Crippen molar-refractivity contribution in [1.82, 2.24) is 5.32 Å². The SMILES string of the molecule is C[C@H](CCC(=O)NCCS(=O)(=O)O)[C@H]1CCC2[C@@H]3[C@@H](O)C[C@@H]4C[C@H](O)CC[C@]4(C)[C@H]3CC[C@@]21C. The number of amides is 1. The Balaban J connectivity index is 1.39. The van der Waals surface area contributed by atoms with Gasteiger partial charge in [-0.2, -0.15) is 8.42 Å². The van der Waals surface area contributed by atoms with E-state index in [0.717, 1.165) is 51.4 Å². The molecule has 0 spiro atoms. The Hall–Kier alpha value is -0.700. The predicted molar refractivity (Wildman–Crippen MR) is 130 cm³/mol. The second-order valence-corrected chi connectivity index (χ2v) is 14.2. The fraction of sp³-hybridized carbons (Fsp3) is 0.962. The lowest BCUT2D eigenvalue weighted by Gasteiger charge is -2.62. The van der Waals surface area contributed by atoms with Crippen molar-refractivity contribution in [2.75, 3.05) is 12.3 Å². The van der Waals surface area contributed by atoms with Crippen molar-refractivity contribution in [1.29, 1.82) is 0 Å². The molecule has 4 aliphatic carbocycles. The van der Waals surface area contributed by atoms with Crippen LogP contribution in [0.15, 0.2) is 0 Å². The van der Waals surface area contributed by atoms with Gasteiger partial charge in [0.15, 0.2) is 0 Å². The maximum absolute atomic E-state index is 12.2. The van der Waals surface area contributed by atoms with Crippen molar-refractivity contribution in [2.24, 2.45) is 46.3 Å². The topological polar surface area (TPSA) is 124 Å². The van der Waals surface area contributed by atoms with E-state index in [1.54, 1.807) is 0 Å². The largest absolute Gasteiger partial charge is 0.393 e. The van der Waals surface area contributed by atoms with E-state index in [4.69, 9.17) is 4.55 Å². The molecule has 10 atom stereocenters. The Kier molecular flexibility index (Phi) is 7.47. The molecule has 34 heavy (non-hydrogen) atoms. The van der Waals surface area contributed by atoms with Crippen LogP contribution in [-0.2, 0) is 14.9 Å². The van der Waals surface area contributed by atoms with E-state index in [1.807, 2.05) is 0 Å². The molecule has 4 aliphatic rings. The van der Waals surface area contributed by atoms with Crippen LogP contribution in [0.1, 0.15) is 85.0 Å². The number of aliphatic hydroxyl groups excluding tert-OH is 2. The third-order valence-corrected chi connectivity index (χ3v) is 11.6. The van der Waals surface area contributed by atoms with Crippen LogP contribution in [0.4, 0.5) is 0 Å². The number of carbonyl (C=O) groups is 1. The summed E-state index contributed by atoms with van der Waals surface area (Å²) in [7, 11) is -4.06. The highest BCUT2D eigenvalue weighted by molar-refractivity contribution is 7.85. The van der Waals surface area contributed by atoms with Crippen LogP contribution < -0.4 is 5.32 Å². The minimum atomic E-state index is -4.06. The molecule has 7 nitrogen and oxygen atoms in total. The van der Waals surface area contributed by atoms with Gasteiger partial charge in [0.25, 0.3) is 10.1 Å². The van der Waals surface area contributed by atoms with Gasteiger partial charge in [0.1, 0.15) is 0 Å². The maximum Gasteiger partial charge on any atom is 0.266 e. The van der Waals surface area contributed by atoms with Gasteiger partial charge in [-0.1, -0.05) is 20.8 Å². The molecule has 0 bridgehead atoms. The summed E-state index contributed by atoms with van der Waals surface area (Å²) < 4.78 is 30.5. The first-order chi connectivity index (χ1) is 15.8. The Morgan fingerprint density at radius 3 is 2.41 bits per heavy atom. The molecule has 4 N–H and O–H groups in total. The fourth-order valence-electron chi connectivity index (χ4n) is 9.14. The molecule has 196 valence electrons. The molecule has 0 aromatic rings. The summed E-state index contributed by atoms with van der Waals surface area (Å²) in [6, 6.07) is 0. The Labute approximate surface area is 205 Å². The molecule has 0 aromatic heterocycles. The minimum Gasteiger partial charge on any atom is -0.393 e. The zero-order valence-electron chi connectivity index (χ0n) is 21.1. The van der Waals surface area contributed by atoms with Crippen LogP contribution in [0.5, 0.6) is 0 Å². The first kappa shape index (κ1) is 26.4. The molecule has 4 rings (SSSR count). The molecule has 0 aromatic carbocycles. The Morgan fingerprint density at radius 2 is 1.71 bits per heavy atom. The van der Waals surface area contributed by atoms with E-state index in [1.165, 1.54) is 6.42 Å². The van der Waals surface area contributed by atoms with Crippen LogP contribution in [0, 0.1) is 46.3 Å². The van der Waals surface area contributed by atoms with Crippen LogP contribution >= 0.6 is 0 Å². The van der Waals surface area contributed by atoms with Gasteiger partial charge >= 0.3 is 0 Å². The summed E-state index contributed by atoms with van der Waals surface area (Å²) in [6.45, 7) is 7.05. The molecule has 0 heterocycles. The Morgan fingerprint density at radius 1 is 1.03 bits per heavy atom. The van der Waals surface area contributed by atoms with Crippen molar-refractivity contribution in [2.45, 2.75) is 97.2 Å². The lowest BCUT2D eigenvalue weighted by atomic mass is 9.43. The smallest absolute Gasteiger partial charge is 0.266 e. The molecule has 4 fully saturated rings. The molecule has 0 aliphatic heterocycles. The average Bonchev–Trinajstić information content (AvgIpc) is 3.09. The molecule has 0 saturated heterocycles. The first-order valence-corrected chi connectivity index (χ1v) is 15.0. The second-order valence-electron chi connectivity index (χ2n) is 12.6. The number of fused-ring (bicyclic) bond motifs is 5. The summed E-state index contributed by atoms with van der Waals surface area (Å²) >= 11 is 0. The van der Waals surface area contributed by atoms with Gasteiger partial charge in [-0.05, 0) is 104 Å². The standard InChI is InChI=1S/C26H45NO6S/c1-16(4-7-23(30)27-12-13-34(31,32)33)19-5-6-20-24-21(9-11-26(19,20)3)25(2)10-8-18(28)14-17(25)15-22(24)29/h16-22,24,28-29H,4-15H2,1-3H3,(H,27,30)(H,31,32,33)/t16-,17+,18-,19-,20?,21+,22+,24+,25+,26-/m1/s1. The minimum absolute atomic E-state index is 0.0625. The lowest BCUT2D eigenvalue weighted by molar-refractivity contribution is -0.174. The normalized spacial score (nSPS) is 45.1. The fourth-order valence-corrected chi connectivity index (χ4v) is 9.50. The summed E-state index contributed by atoms with van der Waals surface area (Å²) in [5, 5.41) is 24.2. The van der Waals surface area contributed by atoms with E-state index >= 15 is 0 Å². The zero-order valence-corrected chi connectivity index (χ0v) is 21.9. The monoisotopic (exact) mass is 499 g/mol. The van der Waals surface area contributed by atoms with Gasteiger partial charge in [0, 0.05) is 13.0 Å². The molecule has 1 unspecified atom stereocenters. The van der Waals surface area contributed by atoms with Crippen molar-refractivity contribution in [3.8, 4) is 0 Å². The van der Waals surface area contributed by atoms with Crippen LogP contribution in [-0.4, -0.2) is 53.6 Å². The van der Waals surface area contributed by atoms with Crippen molar-refractivity contribution in [3.05, 3.63) is 0 Å². The van der Waals surface area contributed by atoms with Crippen LogP contribution in [0.25, 0.3) is 0 Å². The summed E-state index contributed by atoms with van der Waals surface area (Å²) in [4.78, 5) is 12.2. The summed E-state index contributed by atoms with van der Waals surface area (Å²) in [6.07, 6.45) is 8.87. The number of aliphatic hydroxyl groups is 2. The van der Waals surface area contributed by atoms with Crippen LogP contribution in [0.3, 0.4) is 0 Å². The number of rotatable bonds is 7. The number of hydrogen-bond acceptors (Lipinski definition) is 5. The highest BCUT2D eigenvalue weighted by Crippen LogP contribution is 2.68. The van der Waals surface area contributed by atoms with E-state index < -0.39 is 15.9 Å². The number of carbonyl (C=O) groups excluding carboxylic acids is 1. The zero-order chi connectivity index (χ0) is 24.9. The van der Waals surface area contributed by atoms with Gasteiger partial charge in [0.2, 0.25) is 5.91 Å². The van der Waals surface area contributed by atoms with Crippen LogP contribution in [0.2, 0.25) is 0 Å². The highest BCUT2D eigenvalue weighted by Gasteiger charge is 2.62. The summed E-state index contributed by atoms with van der Waals surface area (Å²) in [5.74, 6) is 2.10. The van der Waals surface area contributed by atoms with Gasteiger partial charge in [-0.25, -0.2) is 0 Å². The van der Waals surface area contributed by atoms with E-state index in [9.17, 15) is 23.4 Å². The maximum atomic E-state index is 12.2. The van der Waals surface area contributed by atoms with Crippen molar-refractivity contribution in [3.63, 3.8) is 0 Å². The molecular formula is C26H45NO6S. The highest BCUT2D eigenvalue weighted by atomic mass is 32.2. The third kappa shape index (κ3) is 4.94. The average molecular weight is 500 g/mol. The van der Waals surface area contributed by atoms with Gasteiger partial charge in [-0.3, -0.25) is 9.35 Å². The lowest BCUT2D eigenvalue weighted by Crippen LogP contribution is -2.58. The predicted octanol–water partition coefficient (Wildman–Crippen LogP) is 3.40. The quantitative estimate of drug-likeness (QED) is 0.398. The molecule has 1 amide bonds. The molecular weight excluding hydrogens is 454 g/mol. The molecule has 8 heteroatoms. The second kappa shape index (κ2) is 9.64. The van der Waals surface area contributed by atoms with E-state index in [-0.39, 0.29) is 35.5 Å². The Bertz CT molecular complexity index is 863. The van der Waals surface area contributed by atoms with Gasteiger partial charge in [-0.15, -0.1) is 0 Å². The van der Waals surface area contributed by atoms with E-state index in [2.05, 4.69) is 26.1 Å². The van der Waals surface area contributed by atoms with Gasteiger partial charge in [0.05, 0.1) is 18.0 Å². The number of nitrogens with one attached hydrogen (secondary N) is 1. The third-order valence-electron chi connectivity index (χ3n) is 10.9.